The monoisotopic (exact) mass is 468 g/mol. The van der Waals surface area contributed by atoms with Gasteiger partial charge in [-0.15, -0.1) is 0 Å². The van der Waals surface area contributed by atoms with Crippen molar-refractivity contribution in [2.24, 2.45) is 0 Å². The molecule has 2 aromatic carbocycles. The highest BCUT2D eigenvalue weighted by Crippen LogP contribution is 2.42. The maximum atomic E-state index is 13.6. The molecule has 3 amide bonds. The van der Waals surface area contributed by atoms with Crippen LogP contribution in [0, 0.1) is 0 Å². The van der Waals surface area contributed by atoms with Crippen LogP contribution >= 0.6 is 0 Å². The Hall–Kier alpha value is -4.21. The van der Waals surface area contributed by atoms with Crippen LogP contribution in [0.5, 0.6) is 5.75 Å². The highest BCUT2D eigenvalue weighted by Gasteiger charge is 2.62. The van der Waals surface area contributed by atoms with E-state index in [2.05, 4.69) is 5.32 Å². The van der Waals surface area contributed by atoms with E-state index >= 15 is 0 Å². The zero-order valence-corrected chi connectivity index (χ0v) is 18.9. The average Bonchev–Trinajstić information content (AvgIpc) is 3.04. The summed E-state index contributed by atoms with van der Waals surface area (Å²) in [7, 11) is 2.62. The second-order valence-electron chi connectivity index (χ2n) is 7.60. The first-order chi connectivity index (χ1) is 16.2. The van der Waals surface area contributed by atoms with Crippen LogP contribution in [-0.2, 0) is 28.8 Å². The number of nitrogens with zero attached hydrogens (tertiary/aromatic N) is 1. The summed E-state index contributed by atoms with van der Waals surface area (Å²) in [6.07, 6.45) is -0.582. The van der Waals surface area contributed by atoms with Crippen LogP contribution in [-0.4, -0.2) is 54.5 Å². The fourth-order valence-corrected chi connectivity index (χ4v) is 3.90. The summed E-state index contributed by atoms with van der Waals surface area (Å²) in [4.78, 5) is 68.8. The Kier molecular flexibility index (Phi) is 7.30. The number of rotatable bonds is 8. The van der Waals surface area contributed by atoms with E-state index < -0.39 is 41.1 Å². The first-order valence-corrected chi connectivity index (χ1v) is 10.4. The third kappa shape index (κ3) is 4.75. The van der Waals surface area contributed by atoms with E-state index in [0.29, 0.717) is 16.4 Å². The third-order valence-electron chi connectivity index (χ3n) is 5.48. The van der Waals surface area contributed by atoms with E-state index in [0.717, 1.165) is 6.92 Å². The molecule has 0 bridgehead atoms. The van der Waals surface area contributed by atoms with Gasteiger partial charge in [0.15, 0.2) is 0 Å². The van der Waals surface area contributed by atoms with Gasteiger partial charge in [0.05, 0.1) is 20.1 Å². The number of esters is 1. The van der Waals surface area contributed by atoms with Crippen LogP contribution in [0.25, 0.3) is 0 Å². The van der Waals surface area contributed by atoms with Gasteiger partial charge in [-0.3, -0.25) is 19.2 Å². The molecule has 1 saturated heterocycles. The number of hydroxylamine groups is 2. The fourth-order valence-electron chi connectivity index (χ4n) is 3.90. The van der Waals surface area contributed by atoms with Crippen molar-refractivity contribution in [2.75, 3.05) is 14.2 Å². The van der Waals surface area contributed by atoms with Crippen LogP contribution in [0.15, 0.2) is 54.6 Å². The van der Waals surface area contributed by atoms with E-state index in [4.69, 9.17) is 14.3 Å². The van der Waals surface area contributed by atoms with Crippen LogP contribution in [0.1, 0.15) is 41.6 Å². The number of nitrogens with one attached hydrogen (secondary N) is 1. The SMILES string of the molecule is COC(=O)CC[C@]1(NC(=O)c2ccccc2)C(=O)N(OC(C)=O)C(=O)[C@@H]1c1cccc(OC)c1. The van der Waals surface area contributed by atoms with Crippen LogP contribution in [0.3, 0.4) is 0 Å². The van der Waals surface area contributed by atoms with Gasteiger partial charge < -0.3 is 19.6 Å². The molecule has 34 heavy (non-hydrogen) atoms. The molecule has 1 aliphatic heterocycles. The molecule has 1 fully saturated rings. The number of carbonyl (C=O) groups is 5. The standard InChI is InChI=1S/C24H24N2O8/c1-15(27)34-26-22(30)20(17-10-7-11-18(14-17)32-2)24(23(26)31,13-12-19(28)33-3)25-21(29)16-8-5-4-6-9-16/h4-11,14,20H,12-13H2,1-3H3,(H,25,29)/t20-,24+/m0/s1. The van der Waals surface area contributed by atoms with Crippen molar-refractivity contribution in [2.45, 2.75) is 31.2 Å². The summed E-state index contributed by atoms with van der Waals surface area (Å²) in [6, 6.07) is 14.5. The Balaban J connectivity index is 2.17. The normalized spacial score (nSPS) is 19.5. The Bertz CT molecular complexity index is 1120. The summed E-state index contributed by atoms with van der Waals surface area (Å²) in [5.41, 5.74) is -1.39. The number of methoxy groups -OCH3 is 2. The average molecular weight is 468 g/mol. The van der Waals surface area contributed by atoms with Crippen molar-refractivity contribution >= 4 is 29.7 Å². The van der Waals surface area contributed by atoms with Gasteiger partial charge in [0.25, 0.3) is 17.7 Å². The molecule has 0 radical (unpaired) electrons. The lowest BCUT2D eigenvalue weighted by Gasteiger charge is -2.32. The number of hydrogen-bond acceptors (Lipinski definition) is 8. The van der Waals surface area contributed by atoms with Gasteiger partial charge in [-0.05, 0) is 36.2 Å². The topological polar surface area (TPSA) is 128 Å². The van der Waals surface area contributed by atoms with Gasteiger partial charge in [0.2, 0.25) is 0 Å². The van der Waals surface area contributed by atoms with Crippen molar-refractivity contribution < 1.29 is 38.3 Å². The van der Waals surface area contributed by atoms with Crippen LogP contribution in [0.4, 0.5) is 0 Å². The molecule has 1 aliphatic rings. The Morgan fingerprint density at radius 1 is 1.03 bits per heavy atom. The van der Waals surface area contributed by atoms with Crippen LogP contribution < -0.4 is 10.1 Å². The maximum absolute atomic E-state index is 13.6. The summed E-state index contributed by atoms with van der Waals surface area (Å²) in [6.45, 7) is 1.04. The second kappa shape index (κ2) is 10.2. The zero-order chi connectivity index (χ0) is 24.9. The molecule has 0 spiro atoms. The fraction of sp³-hybridized carbons (Fsp3) is 0.292. The summed E-state index contributed by atoms with van der Waals surface area (Å²) in [5.74, 6) is -4.95. The third-order valence-corrected chi connectivity index (χ3v) is 5.48. The minimum absolute atomic E-state index is 0.232. The second-order valence-corrected chi connectivity index (χ2v) is 7.60. The Morgan fingerprint density at radius 2 is 1.74 bits per heavy atom. The number of ether oxygens (including phenoxy) is 2. The molecule has 0 aromatic heterocycles. The number of benzene rings is 2. The summed E-state index contributed by atoms with van der Waals surface area (Å²) >= 11 is 0. The van der Waals surface area contributed by atoms with E-state index in [9.17, 15) is 24.0 Å². The van der Waals surface area contributed by atoms with Crippen molar-refractivity contribution in [3.8, 4) is 5.75 Å². The van der Waals surface area contributed by atoms with Crippen molar-refractivity contribution in [3.05, 3.63) is 65.7 Å². The molecule has 0 aliphatic carbocycles. The van der Waals surface area contributed by atoms with Gasteiger partial charge in [-0.1, -0.05) is 35.4 Å². The van der Waals surface area contributed by atoms with Gasteiger partial charge in [0, 0.05) is 18.9 Å². The highest BCUT2D eigenvalue weighted by atomic mass is 16.7. The molecule has 178 valence electrons. The Labute approximate surface area is 195 Å². The predicted molar refractivity (Wildman–Crippen MR) is 117 cm³/mol. The number of imide groups is 1. The zero-order valence-electron chi connectivity index (χ0n) is 18.9. The highest BCUT2D eigenvalue weighted by molar-refractivity contribution is 6.14. The summed E-state index contributed by atoms with van der Waals surface area (Å²) < 4.78 is 9.95. The van der Waals surface area contributed by atoms with E-state index in [1.807, 2.05) is 0 Å². The van der Waals surface area contributed by atoms with Crippen molar-refractivity contribution in [1.29, 1.82) is 0 Å². The molecule has 10 heteroatoms. The molecule has 2 aromatic rings. The molecular formula is C24H24N2O8. The largest absolute Gasteiger partial charge is 0.497 e. The van der Waals surface area contributed by atoms with Crippen molar-refractivity contribution in [1.82, 2.24) is 10.4 Å². The van der Waals surface area contributed by atoms with Gasteiger partial charge in [-0.2, -0.15) is 0 Å². The molecule has 0 unspecified atom stereocenters. The van der Waals surface area contributed by atoms with Gasteiger partial charge in [-0.25, -0.2) is 4.79 Å². The minimum Gasteiger partial charge on any atom is -0.497 e. The van der Waals surface area contributed by atoms with Gasteiger partial charge in [0.1, 0.15) is 11.3 Å². The van der Waals surface area contributed by atoms with Gasteiger partial charge >= 0.3 is 11.9 Å². The van der Waals surface area contributed by atoms with E-state index in [1.165, 1.54) is 32.4 Å². The van der Waals surface area contributed by atoms with Crippen LogP contribution in [0.2, 0.25) is 0 Å². The number of amides is 3. The molecule has 3 rings (SSSR count). The lowest BCUT2D eigenvalue weighted by Crippen LogP contribution is -2.57. The quantitative estimate of drug-likeness (QED) is 0.458. The first-order valence-electron chi connectivity index (χ1n) is 10.4. The van der Waals surface area contributed by atoms with E-state index in [1.54, 1.807) is 36.4 Å². The number of hydrogen-bond donors (Lipinski definition) is 1. The maximum Gasteiger partial charge on any atom is 0.330 e. The molecule has 10 nitrogen and oxygen atoms in total. The minimum atomic E-state index is -1.94. The number of carbonyl (C=O) groups excluding carboxylic acids is 5. The van der Waals surface area contributed by atoms with Crippen molar-refractivity contribution in [3.63, 3.8) is 0 Å². The molecular weight excluding hydrogens is 444 g/mol. The first kappa shape index (κ1) is 24.4. The lowest BCUT2D eigenvalue weighted by atomic mass is 9.77. The lowest BCUT2D eigenvalue weighted by molar-refractivity contribution is -0.197. The predicted octanol–water partition coefficient (Wildman–Crippen LogP) is 1.75. The molecule has 1 heterocycles. The molecule has 1 N–H and O–H groups in total. The molecule has 0 saturated carbocycles. The molecule has 2 atom stereocenters. The smallest absolute Gasteiger partial charge is 0.330 e. The summed E-state index contributed by atoms with van der Waals surface area (Å²) in [5, 5.41) is 3.01. The Morgan fingerprint density at radius 3 is 2.35 bits per heavy atom. The van der Waals surface area contributed by atoms with E-state index in [-0.39, 0.29) is 18.4 Å².